The lowest BCUT2D eigenvalue weighted by molar-refractivity contribution is 0.812. The van der Waals surface area contributed by atoms with Crippen LogP contribution >= 0.6 is 11.8 Å². The molecule has 0 saturated carbocycles. The van der Waals surface area contributed by atoms with Crippen LogP contribution in [-0.4, -0.2) is 20.1 Å². The predicted molar refractivity (Wildman–Crippen MR) is 304 cm³/mol. The summed E-state index contributed by atoms with van der Waals surface area (Å²) >= 11 is 1.95. The molecule has 0 aliphatic carbocycles. The molecule has 5 aliphatic heterocycles. The summed E-state index contributed by atoms with van der Waals surface area (Å²) in [4.78, 5) is 10.5. The Morgan fingerprint density at radius 2 is 0.771 bits per heavy atom. The first kappa shape index (κ1) is 41.9. The number of nitrogens with zero attached hydrogens (tertiary/aromatic N) is 3. The summed E-state index contributed by atoms with van der Waals surface area (Å²) in [5, 5.41) is 0. The van der Waals surface area contributed by atoms with Crippen LogP contribution in [0.15, 0.2) is 198 Å². The third kappa shape index (κ3) is 5.88. The topological polar surface area (TPSA) is 9.72 Å². The Kier molecular flexibility index (Phi) is 9.40. The van der Waals surface area contributed by atoms with E-state index in [9.17, 15) is 0 Å². The van der Waals surface area contributed by atoms with Crippen LogP contribution in [0.4, 0.5) is 51.2 Å². The van der Waals surface area contributed by atoms with Gasteiger partial charge in [0, 0.05) is 61.0 Å². The first-order chi connectivity index (χ1) is 34.3. The fourth-order valence-electron chi connectivity index (χ4n) is 13.1. The van der Waals surface area contributed by atoms with Crippen molar-refractivity contribution >= 4 is 132 Å². The maximum Gasteiger partial charge on any atom is 0.252 e. The monoisotopic (exact) mass is 915 g/mol. The van der Waals surface area contributed by atoms with Crippen molar-refractivity contribution in [3.05, 3.63) is 205 Å². The molecule has 9 aromatic carbocycles. The van der Waals surface area contributed by atoms with Crippen LogP contribution in [0.3, 0.4) is 0 Å². The highest BCUT2D eigenvalue weighted by molar-refractivity contribution is 8.00. The highest BCUT2D eigenvalue weighted by atomic mass is 32.2. The van der Waals surface area contributed by atoms with Crippen molar-refractivity contribution in [1.82, 2.24) is 0 Å². The van der Waals surface area contributed by atoms with E-state index in [1.54, 1.807) is 0 Å². The molecular formula is C63H52B3N3S. The minimum atomic E-state index is -0.0171. The van der Waals surface area contributed by atoms with Crippen molar-refractivity contribution in [2.75, 3.05) is 14.7 Å². The van der Waals surface area contributed by atoms with Crippen molar-refractivity contribution < 1.29 is 0 Å². The second-order valence-corrected chi connectivity index (χ2v) is 22.0. The van der Waals surface area contributed by atoms with Crippen molar-refractivity contribution in [1.29, 1.82) is 0 Å². The van der Waals surface area contributed by atoms with Gasteiger partial charge in [-0.25, -0.2) is 0 Å². The van der Waals surface area contributed by atoms with Gasteiger partial charge in [0.05, 0.1) is 0 Å². The molecule has 0 amide bonds. The Bertz CT molecular complexity index is 3590. The third-order valence-electron chi connectivity index (χ3n) is 16.1. The predicted octanol–water partition coefficient (Wildman–Crippen LogP) is 10.7. The standard InChI is InChI=1S/C63H52B3N3S/c1-38(2)41-33-44(39(3)4)60(45(34-41)40(5)6)66-49-28-16-20-32-58(49)70-59-37-55-50(35-51(59)66)65-48-27-15-19-31-54(48)69-53-30-18-14-26-47(53)64-46-25-13-17-29-52(46)67(42-21-9-7-10-22-42)56-36-57(62(65)63(69)61(56)64)68(55)43-23-11-8-12-24-43/h7-40H,1-6H3. The van der Waals surface area contributed by atoms with Gasteiger partial charge in [0.25, 0.3) is 13.4 Å². The molecule has 0 N–H and O–H groups in total. The number of benzene rings is 9. The summed E-state index contributed by atoms with van der Waals surface area (Å²) in [6, 6.07) is 72.1. The molecule has 5 aliphatic rings. The van der Waals surface area contributed by atoms with Crippen molar-refractivity contribution in [3.63, 3.8) is 0 Å². The summed E-state index contributed by atoms with van der Waals surface area (Å²) in [7, 11) is 0. The van der Waals surface area contributed by atoms with E-state index in [4.69, 9.17) is 0 Å². The molecule has 7 heteroatoms. The van der Waals surface area contributed by atoms with Crippen LogP contribution in [0.1, 0.15) is 76.0 Å². The lowest BCUT2D eigenvalue weighted by atomic mass is 9.28. The molecule has 0 radical (unpaired) electrons. The summed E-state index contributed by atoms with van der Waals surface area (Å²) in [6.45, 7) is 14.4. The van der Waals surface area contributed by atoms with Crippen LogP contribution in [0, 0.1) is 0 Å². The number of hydrogen-bond donors (Lipinski definition) is 0. The van der Waals surface area contributed by atoms with Gasteiger partial charge in [0.1, 0.15) is 0 Å². The van der Waals surface area contributed by atoms with E-state index in [0.29, 0.717) is 17.8 Å². The van der Waals surface area contributed by atoms with Crippen LogP contribution < -0.4 is 63.9 Å². The van der Waals surface area contributed by atoms with Crippen LogP contribution in [0.5, 0.6) is 0 Å². The van der Waals surface area contributed by atoms with E-state index < -0.39 is 0 Å². The Balaban J connectivity index is 1.12. The fraction of sp³-hybridized carbons (Fsp3) is 0.143. The Morgan fingerprint density at radius 3 is 1.30 bits per heavy atom. The van der Waals surface area contributed by atoms with Gasteiger partial charge < -0.3 is 14.7 Å². The number of anilines is 9. The van der Waals surface area contributed by atoms with Gasteiger partial charge in [-0.3, -0.25) is 0 Å². The molecule has 0 spiro atoms. The Morgan fingerprint density at radius 1 is 0.329 bits per heavy atom. The van der Waals surface area contributed by atoms with E-state index in [1.165, 1.54) is 115 Å². The van der Waals surface area contributed by atoms with Gasteiger partial charge in [-0.2, -0.15) is 0 Å². The second kappa shape index (κ2) is 15.7. The molecule has 0 aromatic heterocycles. The molecule has 3 nitrogen and oxygen atoms in total. The second-order valence-electron chi connectivity index (χ2n) is 20.9. The van der Waals surface area contributed by atoms with Crippen LogP contribution in [0.25, 0.3) is 0 Å². The van der Waals surface area contributed by atoms with E-state index in [-0.39, 0.29) is 20.1 Å². The van der Waals surface area contributed by atoms with Crippen molar-refractivity contribution in [3.8, 4) is 0 Å². The molecule has 0 unspecified atom stereocenters. The van der Waals surface area contributed by atoms with E-state index >= 15 is 0 Å². The largest absolute Gasteiger partial charge is 0.312 e. The smallest absolute Gasteiger partial charge is 0.252 e. The lowest BCUT2D eigenvalue weighted by Gasteiger charge is -2.51. The lowest BCUT2D eigenvalue weighted by Crippen LogP contribution is -2.69. The minimum absolute atomic E-state index is 0.0171. The van der Waals surface area contributed by atoms with E-state index in [1.807, 2.05) is 11.8 Å². The highest BCUT2D eigenvalue weighted by Crippen LogP contribution is 2.50. The van der Waals surface area contributed by atoms with Crippen molar-refractivity contribution in [2.45, 2.75) is 69.1 Å². The molecule has 70 heavy (non-hydrogen) atoms. The van der Waals surface area contributed by atoms with Gasteiger partial charge in [0.2, 0.25) is 6.71 Å². The summed E-state index contributed by atoms with van der Waals surface area (Å²) in [5.74, 6) is 1.17. The van der Waals surface area contributed by atoms with Crippen LogP contribution in [-0.2, 0) is 0 Å². The van der Waals surface area contributed by atoms with Gasteiger partial charge in [0.15, 0.2) is 0 Å². The summed E-state index contributed by atoms with van der Waals surface area (Å²) in [6.07, 6.45) is 0. The average Bonchev–Trinajstić information content (AvgIpc) is 3.39. The molecule has 0 atom stereocenters. The van der Waals surface area contributed by atoms with Gasteiger partial charge in [-0.15, -0.1) is 0 Å². The SMILES string of the molecule is CC(C)c1cc(C(C)C)c(B2c3ccccc3Sc3cc4c(cc32)B2c3ccccc3N3c5ccccc5B5c6ccccc6N(c6ccccc6)c6cc(c2c3c65)N4c2ccccc2)c(C(C)C)c1. The molecule has 5 heterocycles. The third-order valence-corrected chi connectivity index (χ3v) is 17.2. The molecule has 0 fully saturated rings. The normalized spacial score (nSPS) is 14.3. The molecule has 0 saturated heterocycles. The molecule has 9 aromatic rings. The average molecular weight is 916 g/mol. The van der Waals surface area contributed by atoms with Gasteiger partial charge >= 0.3 is 0 Å². The molecule has 0 bridgehead atoms. The first-order valence-corrected chi connectivity index (χ1v) is 26.2. The number of para-hydroxylation sites is 5. The quantitative estimate of drug-likeness (QED) is 0.154. The zero-order valence-corrected chi connectivity index (χ0v) is 41.4. The Labute approximate surface area is 418 Å². The zero-order valence-electron chi connectivity index (χ0n) is 40.6. The summed E-state index contributed by atoms with van der Waals surface area (Å²) in [5.41, 5.74) is 28.0. The first-order valence-electron chi connectivity index (χ1n) is 25.4. The minimum Gasteiger partial charge on any atom is -0.312 e. The molecule has 334 valence electrons. The van der Waals surface area contributed by atoms with Crippen LogP contribution in [0.2, 0.25) is 0 Å². The zero-order chi connectivity index (χ0) is 47.1. The summed E-state index contributed by atoms with van der Waals surface area (Å²) < 4.78 is 0. The maximum atomic E-state index is 2.69. The number of fused-ring (bicyclic) bond motifs is 12. The Hall–Kier alpha value is -7.08. The van der Waals surface area contributed by atoms with Gasteiger partial charge in [-0.1, -0.05) is 197 Å². The van der Waals surface area contributed by atoms with E-state index in [2.05, 4.69) is 244 Å². The molecule has 14 rings (SSSR count). The fourth-order valence-corrected chi connectivity index (χ4v) is 14.2. The van der Waals surface area contributed by atoms with E-state index in [0.717, 1.165) is 11.4 Å². The molecular weight excluding hydrogens is 863 g/mol. The maximum absolute atomic E-state index is 2.69. The van der Waals surface area contributed by atoms with Crippen molar-refractivity contribution in [2.24, 2.45) is 0 Å². The van der Waals surface area contributed by atoms with Gasteiger partial charge in [-0.05, 0) is 128 Å². The number of rotatable bonds is 6. The highest BCUT2D eigenvalue weighted by Gasteiger charge is 2.52. The number of hydrogen-bond acceptors (Lipinski definition) is 4.